The Balaban J connectivity index is 1.42. The highest BCUT2D eigenvalue weighted by molar-refractivity contribution is 6.19. The van der Waals surface area contributed by atoms with Crippen molar-refractivity contribution in [3.05, 3.63) is 94.5 Å². The summed E-state index contributed by atoms with van der Waals surface area (Å²) in [6.07, 6.45) is 22.8. The number of hydrogen-bond donors (Lipinski definition) is 2. The van der Waals surface area contributed by atoms with Gasteiger partial charge in [-0.05, 0) is 42.5 Å². The lowest BCUT2D eigenvalue weighted by Gasteiger charge is -2.14. The van der Waals surface area contributed by atoms with Gasteiger partial charge in [-0.15, -0.1) is 0 Å². The zero-order valence-corrected chi connectivity index (χ0v) is 16.3. The van der Waals surface area contributed by atoms with Crippen LogP contribution in [0.4, 0.5) is 0 Å². The minimum absolute atomic E-state index is 0.754. The molecule has 148 valence electrons. The maximum atomic E-state index is 4.72. The van der Waals surface area contributed by atoms with Crippen LogP contribution in [0, 0.1) is 0 Å². The molecule has 0 fully saturated rings. The topological polar surface area (TPSA) is 56.9 Å². The Hall–Kier alpha value is -4.13. The fourth-order valence-electron chi connectivity index (χ4n) is 3.82. The molecule has 6 heterocycles. The molecule has 0 radical (unpaired) electrons. The maximum absolute atomic E-state index is 4.72. The van der Waals surface area contributed by atoms with Crippen LogP contribution in [0.2, 0.25) is 0 Å². The van der Waals surface area contributed by atoms with Crippen LogP contribution in [-0.2, 0) is 0 Å². The predicted molar refractivity (Wildman–Crippen MR) is 118 cm³/mol. The second-order valence-electron chi connectivity index (χ2n) is 7.63. The van der Waals surface area contributed by atoms with Gasteiger partial charge in [0.1, 0.15) is 0 Å². The van der Waals surface area contributed by atoms with Crippen LogP contribution in [0.1, 0.15) is 0 Å². The largest absolute Gasteiger partial charge is 0.354 e. The number of H-pyrrole nitrogens is 2. The molecule has 0 saturated carbocycles. The quantitative estimate of drug-likeness (QED) is 0.659. The van der Waals surface area contributed by atoms with E-state index in [1.165, 1.54) is 0 Å². The number of nitrogens with one attached hydrogen (secondary N) is 2. The van der Waals surface area contributed by atoms with Gasteiger partial charge >= 0.3 is 0 Å². The molecule has 7 heteroatoms. The van der Waals surface area contributed by atoms with E-state index >= 15 is 0 Å². The summed E-state index contributed by atoms with van der Waals surface area (Å²) in [5.41, 5.74) is 1.89. The average Bonchev–Trinajstić information content (AvgIpc) is 3.52. The lowest BCUT2D eigenvalue weighted by Crippen LogP contribution is -2.23. The normalized spacial score (nSPS) is 24.3. The van der Waals surface area contributed by atoms with E-state index in [9.17, 15) is 0 Å². The van der Waals surface area contributed by atoms with Crippen LogP contribution in [0.3, 0.4) is 0 Å². The zero-order valence-electron chi connectivity index (χ0n) is 16.3. The second kappa shape index (κ2) is 6.73. The predicted octanol–water partition coefficient (Wildman–Crippen LogP) is -0.00410. The van der Waals surface area contributed by atoms with Crippen molar-refractivity contribution in [2.75, 3.05) is 13.3 Å². The van der Waals surface area contributed by atoms with Crippen molar-refractivity contribution in [2.24, 2.45) is 4.99 Å². The number of aliphatic imine (C=N–C) groups is 1. The number of allylic oxidation sites excluding steroid dienone is 2. The SMILES string of the molecule is C1=C/C2=C/N3C=CN(/C=c4/cc/c([nH]4)=C/N4C=CN(C=c5cc/c([nH]5)=C/C1=N2)C4)C3. The molecule has 2 aromatic rings. The van der Waals surface area contributed by atoms with Crippen LogP contribution < -0.4 is 21.4 Å². The van der Waals surface area contributed by atoms with E-state index in [1.807, 2.05) is 12.2 Å². The van der Waals surface area contributed by atoms with E-state index in [-0.39, 0.29) is 0 Å². The molecule has 0 spiro atoms. The summed E-state index contributed by atoms with van der Waals surface area (Å²) in [4.78, 5) is 20.2. The number of aromatic amines is 2. The third-order valence-corrected chi connectivity index (χ3v) is 5.21. The summed E-state index contributed by atoms with van der Waals surface area (Å²) in [5, 5.41) is 4.22. The van der Waals surface area contributed by atoms with E-state index in [1.54, 1.807) is 0 Å². The Bertz CT molecular complexity index is 1380. The molecule has 0 aliphatic carbocycles. The fourth-order valence-corrected chi connectivity index (χ4v) is 3.82. The van der Waals surface area contributed by atoms with Crippen molar-refractivity contribution in [1.29, 1.82) is 0 Å². The molecule has 4 aliphatic heterocycles. The van der Waals surface area contributed by atoms with Crippen LogP contribution in [0.5, 0.6) is 0 Å². The molecular weight excluding hydrogens is 374 g/mol. The van der Waals surface area contributed by atoms with Gasteiger partial charge in [0.25, 0.3) is 0 Å². The second-order valence-corrected chi connectivity index (χ2v) is 7.63. The number of nitrogens with zero attached hydrogens (tertiary/aromatic N) is 5. The van der Waals surface area contributed by atoms with E-state index in [2.05, 4.69) is 110 Å². The minimum atomic E-state index is 0.754. The lowest BCUT2D eigenvalue weighted by molar-refractivity contribution is 0.411. The van der Waals surface area contributed by atoms with Gasteiger partial charge < -0.3 is 29.6 Å². The first kappa shape index (κ1) is 16.8. The highest BCUT2D eigenvalue weighted by Gasteiger charge is 2.11. The highest BCUT2D eigenvalue weighted by Crippen LogP contribution is 2.14. The van der Waals surface area contributed by atoms with Gasteiger partial charge in [0.2, 0.25) is 0 Å². The Labute approximate surface area is 173 Å². The van der Waals surface area contributed by atoms with E-state index in [0.29, 0.717) is 0 Å². The molecule has 0 atom stereocenters. The summed E-state index contributed by atoms with van der Waals surface area (Å²) in [5.74, 6) is 0. The number of rotatable bonds is 0. The first-order valence-corrected chi connectivity index (χ1v) is 9.91. The summed E-state index contributed by atoms with van der Waals surface area (Å²) < 4.78 is 0. The van der Waals surface area contributed by atoms with Crippen LogP contribution in [0.15, 0.2) is 78.1 Å². The Morgan fingerprint density at radius 1 is 0.600 bits per heavy atom. The first-order chi connectivity index (χ1) is 14.7. The molecular formula is C23H21N7. The van der Waals surface area contributed by atoms with Crippen LogP contribution in [0.25, 0.3) is 24.7 Å². The summed E-state index contributed by atoms with van der Waals surface area (Å²) in [7, 11) is 0. The molecule has 4 aliphatic rings. The highest BCUT2D eigenvalue weighted by atomic mass is 15.3. The monoisotopic (exact) mass is 395 g/mol. The van der Waals surface area contributed by atoms with Crippen molar-refractivity contribution in [3.8, 4) is 0 Å². The van der Waals surface area contributed by atoms with Gasteiger partial charge in [-0.2, -0.15) is 0 Å². The first-order valence-electron chi connectivity index (χ1n) is 9.91. The molecule has 6 rings (SSSR count). The molecule has 0 saturated heterocycles. The standard InChI is InChI=1S/C23H21N7/c1-3-20-12-27-7-9-29(16-27)14-22-5-6-23(26-22)15-30-10-8-28(17-30)13-21-4-2-19(25-21)11-18(1)24-20/h1-15,24,26H,16-17H2/b18-11-,20-12?,21-13-,22-14-,23-15-. The van der Waals surface area contributed by atoms with Crippen molar-refractivity contribution in [3.63, 3.8) is 0 Å². The van der Waals surface area contributed by atoms with E-state index in [0.717, 1.165) is 46.1 Å². The van der Waals surface area contributed by atoms with E-state index in [4.69, 9.17) is 4.99 Å². The Morgan fingerprint density at radius 3 is 1.70 bits per heavy atom. The smallest absolute Gasteiger partial charge is 0.0979 e. The zero-order chi connectivity index (χ0) is 19.9. The fraction of sp³-hybridized carbons (Fsp3) is 0.0870. The van der Waals surface area contributed by atoms with Gasteiger partial charge in [-0.3, -0.25) is 0 Å². The maximum Gasteiger partial charge on any atom is 0.0979 e. The van der Waals surface area contributed by atoms with Crippen molar-refractivity contribution < 1.29 is 0 Å². The average molecular weight is 395 g/mol. The summed E-state index contributed by atoms with van der Waals surface area (Å²) in [6, 6.07) is 8.36. The van der Waals surface area contributed by atoms with Gasteiger partial charge in [0, 0.05) is 54.9 Å². The van der Waals surface area contributed by atoms with Gasteiger partial charge in [0.15, 0.2) is 0 Å². The molecule has 10 bridgehead atoms. The Kier molecular flexibility index (Phi) is 3.77. The van der Waals surface area contributed by atoms with Crippen molar-refractivity contribution in [1.82, 2.24) is 29.6 Å². The van der Waals surface area contributed by atoms with E-state index < -0.39 is 0 Å². The summed E-state index contributed by atoms with van der Waals surface area (Å²) >= 11 is 0. The lowest BCUT2D eigenvalue weighted by atomic mass is 10.3. The number of aromatic nitrogens is 2. The molecule has 0 amide bonds. The molecule has 2 aromatic heterocycles. The van der Waals surface area contributed by atoms with Crippen LogP contribution in [-0.4, -0.2) is 48.6 Å². The number of fused-ring (bicyclic) bond motifs is 9. The molecule has 2 N–H and O–H groups in total. The van der Waals surface area contributed by atoms with Crippen molar-refractivity contribution in [2.45, 2.75) is 0 Å². The summed E-state index contributed by atoms with van der Waals surface area (Å²) in [6.45, 7) is 1.52. The molecule has 0 aromatic carbocycles. The van der Waals surface area contributed by atoms with Crippen LogP contribution >= 0.6 is 0 Å². The molecule has 30 heavy (non-hydrogen) atoms. The molecule has 7 nitrogen and oxygen atoms in total. The third kappa shape index (κ3) is 3.37. The van der Waals surface area contributed by atoms with Gasteiger partial charge in [0.05, 0.1) is 40.8 Å². The van der Waals surface area contributed by atoms with Gasteiger partial charge in [-0.25, -0.2) is 4.99 Å². The minimum Gasteiger partial charge on any atom is -0.354 e. The Morgan fingerprint density at radius 2 is 1.10 bits per heavy atom. The van der Waals surface area contributed by atoms with Gasteiger partial charge in [-0.1, -0.05) is 0 Å². The molecule has 0 unspecified atom stereocenters. The third-order valence-electron chi connectivity index (χ3n) is 5.21. The van der Waals surface area contributed by atoms with Crippen molar-refractivity contribution >= 4 is 30.4 Å². The number of hydrogen-bond acceptors (Lipinski definition) is 5.